The van der Waals surface area contributed by atoms with Crippen molar-refractivity contribution in [3.05, 3.63) is 35.4 Å². The smallest absolute Gasteiger partial charge is 0.407 e. The molecule has 7 nitrogen and oxygen atoms in total. The van der Waals surface area contributed by atoms with Gasteiger partial charge in [0, 0.05) is 38.8 Å². The van der Waals surface area contributed by atoms with Crippen molar-refractivity contribution in [2.24, 2.45) is 0 Å². The van der Waals surface area contributed by atoms with Gasteiger partial charge in [0.2, 0.25) is 0 Å². The highest BCUT2D eigenvalue weighted by molar-refractivity contribution is 5.74. The third-order valence-corrected chi connectivity index (χ3v) is 4.45. The van der Waals surface area contributed by atoms with Crippen molar-refractivity contribution < 1.29 is 14.3 Å². The highest BCUT2D eigenvalue weighted by Crippen LogP contribution is 2.10. The van der Waals surface area contributed by atoms with E-state index in [1.165, 1.54) is 0 Å². The van der Waals surface area contributed by atoms with Crippen molar-refractivity contribution in [3.8, 4) is 0 Å². The topological polar surface area (TPSA) is 82.7 Å². The number of rotatable bonds is 5. The summed E-state index contributed by atoms with van der Waals surface area (Å²) in [6.45, 7) is 10.6. The minimum absolute atomic E-state index is 0.0329. The molecule has 1 saturated heterocycles. The van der Waals surface area contributed by atoms with Crippen LogP contribution in [0.25, 0.3) is 0 Å². The van der Waals surface area contributed by atoms with Crippen molar-refractivity contribution >= 4 is 12.1 Å². The summed E-state index contributed by atoms with van der Waals surface area (Å²) in [4.78, 5) is 26.3. The van der Waals surface area contributed by atoms with Gasteiger partial charge in [-0.25, -0.2) is 9.59 Å². The molecule has 3 amide bonds. The third kappa shape index (κ3) is 7.09. The number of piperazine rings is 1. The summed E-state index contributed by atoms with van der Waals surface area (Å²) >= 11 is 0. The summed E-state index contributed by atoms with van der Waals surface area (Å²) < 4.78 is 5.24. The van der Waals surface area contributed by atoms with Crippen LogP contribution in [0.15, 0.2) is 24.3 Å². The first-order chi connectivity index (χ1) is 12.8. The Morgan fingerprint density at radius 2 is 2.00 bits per heavy atom. The van der Waals surface area contributed by atoms with Gasteiger partial charge in [-0.2, -0.15) is 0 Å². The summed E-state index contributed by atoms with van der Waals surface area (Å²) in [5.74, 6) is 0. The Hall–Kier alpha value is -2.28. The van der Waals surface area contributed by atoms with Gasteiger partial charge in [-0.3, -0.25) is 0 Å². The minimum atomic E-state index is -0.516. The average molecular weight is 377 g/mol. The Kier molecular flexibility index (Phi) is 7.47. The molecule has 150 valence electrons. The molecule has 2 rings (SSSR count). The Labute approximate surface area is 161 Å². The fourth-order valence-corrected chi connectivity index (χ4v) is 3.02. The van der Waals surface area contributed by atoms with Gasteiger partial charge in [0.05, 0.1) is 0 Å². The Balaban J connectivity index is 1.82. The van der Waals surface area contributed by atoms with E-state index in [0.29, 0.717) is 32.6 Å². The molecule has 0 aliphatic carbocycles. The van der Waals surface area contributed by atoms with Crippen LogP contribution in [-0.4, -0.2) is 54.8 Å². The van der Waals surface area contributed by atoms with Gasteiger partial charge in [-0.1, -0.05) is 24.3 Å². The lowest BCUT2D eigenvalue weighted by atomic mass is 10.1. The summed E-state index contributed by atoms with van der Waals surface area (Å²) in [5.41, 5.74) is 1.76. The second-order valence-electron chi connectivity index (χ2n) is 7.85. The molecule has 1 atom stereocenters. The number of nitrogens with zero attached hydrogens (tertiary/aromatic N) is 1. The zero-order valence-corrected chi connectivity index (χ0v) is 16.8. The van der Waals surface area contributed by atoms with Crippen LogP contribution in [0.1, 0.15) is 38.3 Å². The number of hydrogen-bond acceptors (Lipinski definition) is 4. The molecular formula is C20H32N4O3. The predicted molar refractivity (Wildman–Crippen MR) is 106 cm³/mol. The van der Waals surface area contributed by atoms with Crippen LogP contribution in [0.5, 0.6) is 0 Å². The van der Waals surface area contributed by atoms with Crippen LogP contribution >= 0.6 is 0 Å². The normalized spacial score (nSPS) is 17.3. The molecule has 0 spiro atoms. The zero-order chi connectivity index (χ0) is 19.9. The van der Waals surface area contributed by atoms with Crippen LogP contribution < -0.4 is 16.0 Å². The van der Waals surface area contributed by atoms with Gasteiger partial charge in [0.1, 0.15) is 5.60 Å². The highest BCUT2D eigenvalue weighted by Gasteiger charge is 2.26. The van der Waals surface area contributed by atoms with Crippen LogP contribution in [-0.2, 0) is 11.3 Å². The molecule has 0 bridgehead atoms. The molecule has 1 aliphatic heterocycles. The quantitative estimate of drug-likeness (QED) is 0.737. The number of ether oxygens (including phenoxy) is 1. The van der Waals surface area contributed by atoms with Crippen molar-refractivity contribution in [2.45, 2.75) is 52.3 Å². The van der Waals surface area contributed by atoms with Gasteiger partial charge >= 0.3 is 12.1 Å². The number of nitrogens with one attached hydrogen (secondary N) is 3. The molecule has 1 fully saturated rings. The van der Waals surface area contributed by atoms with E-state index in [-0.39, 0.29) is 12.1 Å². The largest absolute Gasteiger partial charge is 0.444 e. The van der Waals surface area contributed by atoms with E-state index in [1.54, 1.807) is 0 Å². The van der Waals surface area contributed by atoms with Crippen LogP contribution in [0, 0.1) is 6.92 Å². The van der Waals surface area contributed by atoms with E-state index in [4.69, 9.17) is 4.74 Å². The minimum Gasteiger partial charge on any atom is -0.444 e. The molecular weight excluding hydrogens is 344 g/mol. The fourth-order valence-electron chi connectivity index (χ4n) is 3.02. The standard InChI is InChI=1S/C20H32N4O3/c1-15-7-5-6-8-16(15)13-23-18(25)24-12-11-21-14-17(24)9-10-22-19(26)27-20(2,3)4/h5-8,17,21H,9-14H2,1-4H3,(H,22,26)(H,23,25). The number of alkyl carbamates (subject to hydrolysis) is 1. The zero-order valence-electron chi connectivity index (χ0n) is 16.8. The molecule has 1 unspecified atom stereocenters. The van der Waals surface area contributed by atoms with E-state index in [2.05, 4.69) is 16.0 Å². The molecule has 0 saturated carbocycles. The molecule has 0 radical (unpaired) electrons. The van der Waals surface area contributed by atoms with E-state index in [0.717, 1.165) is 17.7 Å². The maximum absolute atomic E-state index is 12.7. The Morgan fingerprint density at radius 1 is 1.26 bits per heavy atom. The van der Waals surface area contributed by atoms with Crippen LogP contribution in [0.4, 0.5) is 9.59 Å². The molecule has 0 aromatic heterocycles. The maximum Gasteiger partial charge on any atom is 0.407 e. The van der Waals surface area contributed by atoms with E-state index in [1.807, 2.05) is 56.9 Å². The molecule has 3 N–H and O–H groups in total. The summed E-state index contributed by atoms with van der Waals surface area (Å²) in [6, 6.07) is 8.00. The lowest BCUT2D eigenvalue weighted by Crippen LogP contribution is -2.57. The van der Waals surface area contributed by atoms with E-state index in [9.17, 15) is 9.59 Å². The highest BCUT2D eigenvalue weighted by atomic mass is 16.6. The number of amides is 3. The number of hydrogen-bond donors (Lipinski definition) is 3. The monoisotopic (exact) mass is 376 g/mol. The van der Waals surface area contributed by atoms with Crippen LogP contribution in [0.3, 0.4) is 0 Å². The van der Waals surface area contributed by atoms with Gasteiger partial charge in [-0.15, -0.1) is 0 Å². The second kappa shape index (κ2) is 9.60. The maximum atomic E-state index is 12.7. The van der Waals surface area contributed by atoms with Gasteiger partial charge < -0.3 is 25.6 Å². The predicted octanol–water partition coefficient (Wildman–Crippen LogP) is 2.39. The molecule has 1 heterocycles. The number of carbonyl (C=O) groups is 2. The number of carbonyl (C=O) groups excluding carboxylic acids is 2. The first kappa shape index (κ1) is 21.0. The summed E-state index contributed by atoms with van der Waals surface area (Å²) in [5, 5.41) is 9.09. The van der Waals surface area contributed by atoms with E-state index < -0.39 is 11.7 Å². The van der Waals surface area contributed by atoms with Gasteiger partial charge in [0.15, 0.2) is 0 Å². The molecule has 7 heteroatoms. The van der Waals surface area contributed by atoms with Gasteiger partial charge in [-0.05, 0) is 45.2 Å². The first-order valence-electron chi connectivity index (χ1n) is 9.53. The van der Waals surface area contributed by atoms with Crippen molar-refractivity contribution in [1.82, 2.24) is 20.9 Å². The van der Waals surface area contributed by atoms with E-state index >= 15 is 0 Å². The molecule has 1 aromatic rings. The molecule has 1 aliphatic rings. The lowest BCUT2D eigenvalue weighted by molar-refractivity contribution is 0.0522. The Bertz CT molecular complexity index is 642. The van der Waals surface area contributed by atoms with Crippen LogP contribution in [0.2, 0.25) is 0 Å². The summed E-state index contributed by atoms with van der Waals surface area (Å²) in [6.07, 6.45) is 0.242. The lowest BCUT2D eigenvalue weighted by Gasteiger charge is -2.36. The Morgan fingerprint density at radius 3 is 2.70 bits per heavy atom. The summed E-state index contributed by atoms with van der Waals surface area (Å²) in [7, 11) is 0. The first-order valence-corrected chi connectivity index (χ1v) is 9.53. The SMILES string of the molecule is Cc1ccccc1CNC(=O)N1CCNCC1CCNC(=O)OC(C)(C)C. The average Bonchev–Trinajstić information content (AvgIpc) is 2.59. The second-order valence-corrected chi connectivity index (χ2v) is 7.85. The number of urea groups is 1. The van der Waals surface area contributed by atoms with Crippen molar-refractivity contribution in [2.75, 3.05) is 26.2 Å². The third-order valence-electron chi connectivity index (χ3n) is 4.45. The van der Waals surface area contributed by atoms with Crippen molar-refractivity contribution in [1.29, 1.82) is 0 Å². The molecule has 1 aromatic carbocycles. The van der Waals surface area contributed by atoms with Crippen molar-refractivity contribution in [3.63, 3.8) is 0 Å². The number of benzene rings is 1. The number of aryl methyl sites for hydroxylation is 1. The molecule has 27 heavy (non-hydrogen) atoms. The fraction of sp³-hybridized carbons (Fsp3) is 0.600. The van der Waals surface area contributed by atoms with Gasteiger partial charge in [0.25, 0.3) is 0 Å².